The first-order valence-electron chi connectivity index (χ1n) is 5.04. The lowest BCUT2D eigenvalue weighted by Gasteiger charge is -2.00. The van der Waals surface area contributed by atoms with Crippen molar-refractivity contribution in [1.82, 2.24) is 0 Å². The van der Waals surface area contributed by atoms with Crippen molar-refractivity contribution in [3.8, 4) is 5.75 Å². The first-order valence-corrected chi connectivity index (χ1v) is 5.85. The minimum atomic E-state index is -0.998. The van der Waals surface area contributed by atoms with Crippen LogP contribution in [0.3, 0.4) is 0 Å². The van der Waals surface area contributed by atoms with Crippen LogP contribution in [0.4, 0.5) is 0 Å². The highest BCUT2D eigenvalue weighted by atomic mass is 32.2. The van der Waals surface area contributed by atoms with Crippen LogP contribution < -0.4 is 4.74 Å². The van der Waals surface area contributed by atoms with Crippen LogP contribution in [0, 0.1) is 0 Å². The molecule has 18 heavy (non-hydrogen) atoms. The molecule has 0 amide bonds. The Hall–Kier alpha value is -2.08. The van der Waals surface area contributed by atoms with E-state index in [-0.39, 0.29) is 16.4 Å². The highest BCUT2D eigenvalue weighted by molar-refractivity contribution is 8.27. The van der Waals surface area contributed by atoms with Crippen LogP contribution in [-0.2, 0) is 4.79 Å². The normalized spacial score (nSPS) is 16.8. The van der Waals surface area contributed by atoms with Gasteiger partial charge in [0, 0.05) is 0 Å². The maximum absolute atomic E-state index is 11.4. The monoisotopic (exact) mass is 263 g/mol. The molecule has 0 fully saturated rings. The van der Waals surface area contributed by atoms with E-state index < -0.39 is 5.97 Å². The number of rotatable bonds is 3. The summed E-state index contributed by atoms with van der Waals surface area (Å²) in [6.07, 6.45) is 1.27. The maximum atomic E-state index is 11.4. The minimum absolute atomic E-state index is 0.158. The van der Waals surface area contributed by atoms with Crippen molar-refractivity contribution in [2.45, 2.75) is 6.92 Å². The fourth-order valence-electron chi connectivity index (χ4n) is 1.30. The van der Waals surface area contributed by atoms with Gasteiger partial charge in [0.2, 0.25) is 5.12 Å². The molecule has 2 rings (SSSR count). The number of hydrogen-bond acceptors (Lipinski definition) is 5. The lowest BCUT2D eigenvalue weighted by Crippen LogP contribution is -1.96. The number of hydrogen-bond donors (Lipinski definition) is 1. The number of nitrogens with zero attached hydrogens (tertiary/aromatic N) is 1. The SMILES string of the molecule is CC1=N/C(=C/Oc2ccc(C(=O)O)cc2)C(=O)S1. The van der Waals surface area contributed by atoms with Gasteiger partial charge >= 0.3 is 5.97 Å². The Bertz CT molecular complexity index is 560. The summed E-state index contributed by atoms with van der Waals surface area (Å²) < 4.78 is 5.25. The zero-order chi connectivity index (χ0) is 13.1. The zero-order valence-electron chi connectivity index (χ0n) is 9.41. The molecule has 1 aromatic rings. The van der Waals surface area contributed by atoms with Gasteiger partial charge in [0.15, 0.2) is 5.70 Å². The van der Waals surface area contributed by atoms with Crippen molar-refractivity contribution in [3.63, 3.8) is 0 Å². The average Bonchev–Trinajstić information content (AvgIpc) is 2.66. The molecule has 0 atom stereocenters. The van der Waals surface area contributed by atoms with E-state index >= 15 is 0 Å². The number of aromatic carboxylic acids is 1. The van der Waals surface area contributed by atoms with Crippen molar-refractivity contribution >= 4 is 27.9 Å². The number of carboxylic acids is 1. The smallest absolute Gasteiger partial charge is 0.335 e. The van der Waals surface area contributed by atoms with E-state index in [1.54, 1.807) is 6.92 Å². The number of carbonyl (C=O) groups excluding carboxylic acids is 1. The summed E-state index contributed by atoms with van der Waals surface area (Å²) >= 11 is 1.06. The Morgan fingerprint density at radius 2 is 2.06 bits per heavy atom. The van der Waals surface area contributed by atoms with Crippen LogP contribution in [-0.4, -0.2) is 21.2 Å². The molecule has 92 valence electrons. The molecular weight excluding hydrogens is 254 g/mol. The molecule has 0 bridgehead atoms. The summed E-state index contributed by atoms with van der Waals surface area (Å²) in [7, 11) is 0. The molecule has 0 spiro atoms. The van der Waals surface area contributed by atoms with Gasteiger partial charge in [0.1, 0.15) is 12.0 Å². The average molecular weight is 263 g/mol. The number of ether oxygens (including phenoxy) is 1. The second-order valence-electron chi connectivity index (χ2n) is 3.47. The summed E-state index contributed by atoms with van der Waals surface area (Å²) in [5.74, 6) is -0.549. The van der Waals surface area contributed by atoms with Crippen LogP contribution >= 0.6 is 11.8 Å². The fraction of sp³-hybridized carbons (Fsp3) is 0.0833. The Morgan fingerprint density at radius 3 is 2.56 bits per heavy atom. The molecule has 1 aromatic carbocycles. The lowest BCUT2D eigenvalue weighted by molar-refractivity contribution is -0.107. The maximum Gasteiger partial charge on any atom is 0.335 e. The van der Waals surface area contributed by atoms with Crippen molar-refractivity contribution < 1.29 is 19.4 Å². The third kappa shape index (κ3) is 2.78. The number of thioether (sulfide) groups is 1. The van der Waals surface area contributed by atoms with E-state index in [2.05, 4.69) is 4.99 Å². The second-order valence-corrected chi connectivity index (χ2v) is 4.64. The van der Waals surface area contributed by atoms with Gasteiger partial charge in [-0.05, 0) is 43.0 Å². The number of benzene rings is 1. The molecule has 0 saturated heterocycles. The number of aliphatic imine (C=N–C) groups is 1. The highest BCUT2D eigenvalue weighted by Gasteiger charge is 2.19. The first-order chi connectivity index (χ1) is 8.56. The van der Waals surface area contributed by atoms with Crippen LogP contribution in [0.2, 0.25) is 0 Å². The van der Waals surface area contributed by atoms with E-state index in [1.807, 2.05) is 0 Å². The molecule has 1 aliphatic rings. The van der Waals surface area contributed by atoms with Gasteiger partial charge in [0.25, 0.3) is 0 Å². The summed E-state index contributed by atoms with van der Waals surface area (Å²) in [6.45, 7) is 1.74. The predicted molar refractivity (Wildman–Crippen MR) is 67.8 cm³/mol. The Balaban J connectivity index is 2.09. The third-order valence-electron chi connectivity index (χ3n) is 2.14. The van der Waals surface area contributed by atoms with Gasteiger partial charge in [-0.2, -0.15) is 0 Å². The van der Waals surface area contributed by atoms with E-state index in [4.69, 9.17) is 9.84 Å². The number of carbonyl (C=O) groups is 2. The molecule has 0 aliphatic carbocycles. The van der Waals surface area contributed by atoms with E-state index in [0.717, 1.165) is 11.8 Å². The molecule has 1 heterocycles. The van der Waals surface area contributed by atoms with Gasteiger partial charge in [0.05, 0.1) is 10.6 Å². The summed E-state index contributed by atoms with van der Waals surface area (Å²) in [4.78, 5) is 26.0. The number of carboxylic acid groups (broad SMARTS) is 1. The molecule has 6 heteroatoms. The first kappa shape index (κ1) is 12.4. The predicted octanol–water partition coefficient (Wildman–Crippen LogP) is 2.30. The van der Waals surface area contributed by atoms with Crippen LogP contribution in [0.1, 0.15) is 17.3 Å². The van der Waals surface area contributed by atoms with Crippen LogP contribution in [0.15, 0.2) is 41.2 Å². The lowest BCUT2D eigenvalue weighted by atomic mass is 10.2. The largest absolute Gasteiger partial charge is 0.478 e. The van der Waals surface area contributed by atoms with Crippen molar-refractivity contribution in [2.75, 3.05) is 0 Å². The van der Waals surface area contributed by atoms with Crippen molar-refractivity contribution in [1.29, 1.82) is 0 Å². The topological polar surface area (TPSA) is 76.0 Å². The Labute approximate surface area is 107 Å². The van der Waals surface area contributed by atoms with Crippen molar-refractivity contribution in [3.05, 3.63) is 41.8 Å². The Morgan fingerprint density at radius 1 is 1.39 bits per heavy atom. The third-order valence-corrected chi connectivity index (χ3v) is 2.92. The summed E-state index contributed by atoms with van der Waals surface area (Å²) in [5.41, 5.74) is 0.427. The van der Waals surface area contributed by atoms with Crippen LogP contribution in [0.25, 0.3) is 0 Å². The quantitative estimate of drug-likeness (QED) is 0.669. The van der Waals surface area contributed by atoms with Gasteiger partial charge in [-0.15, -0.1) is 0 Å². The van der Waals surface area contributed by atoms with Gasteiger partial charge in [-0.3, -0.25) is 4.79 Å². The fourth-order valence-corrected chi connectivity index (χ4v) is 1.91. The van der Waals surface area contributed by atoms with Gasteiger partial charge in [-0.25, -0.2) is 9.79 Å². The molecule has 5 nitrogen and oxygen atoms in total. The van der Waals surface area contributed by atoms with Gasteiger partial charge in [-0.1, -0.05) is 0 Å². The summed E-state index contributed by atoms with van der Waals surface area (Å²) in [5, 5.41) is 9.24. The minimum Gasteiger partial charge on any atom is -0.478 e. The Kier molecular flexibility index (Phi) is 3.47. The second kappa shape index (κ2) is 5.05. The van der Waals surface area contributed by atoms with Gasteiger partial charge < -0.3 is 9.84 Å². The standard InChI is InChI=1S/C12H9NO4S/c1-7-13-10(12(16)18-7)6-17-9-4-2-8(3-5-9)11(14)15/h2-6H,1H3,(H,14,15)/b10-6+. The van der Waals surface area contributed by atoms with E-state index in [1.165, 1.54) is 30.5 Å². The molecule has 0 saturated carbocycles. The molecule has 1 N–H and O–H groups in total. The van der Waals surface area contributed by atoms with Crippen molar-refractivity contribution in [2.24, 2.45) is 4.99 Å². The molecule has 0 radical (unpaired) electrons. The summed E-state index contributed by atoms with van der Waals surface area (Å²) in [6, 6.07) is 5.89. The highest BCUT2D eigenvalue weighted by Crippen LogP contribution is 2.23. The molecule has 0 unspecified atom stereocenters. The van der Waals surface area contributed by atoms with E-state index in [0.29, 0.717) is 10.8 Å². The zero-order valence-corrected chi connectivity index (χ0v) is 10.2. The van der Waals surface area contributed by atoms with E-state index in [9.17, 15) is 9.59 Å². The van der Waals surface area contributed by atoms with Crippen LogP contribution in [0.5, 0.6) is 5.75 Å². The molecular formula is C12H9NO4S. The molecule has 1 aliphatic heterocycles. The molecule has 0 aromatic heterocycles.